The monoisotopic (exact) mass is 508 g/mol. The van der Waals surface area contributed by atoms with Gasteiger partial charge in [0.2, 0.25) is 0 Å². The molecule has 2 aromatic rings. The number of alkyl halides is 3. The minimum Gasteiger partial charge on any atom is -0.497 e. The first-order chi connectivity index (χ1) is 17.1. The molecule has 11 heteroatoms. The zero-order valence-corrected chi connectivity index (χ0v) is 19.6. The number of hydrogen-bond acceptors (Lipinski definition) is 5. The Kier molecular flexibility index (Phi) is 8.78. The summed E-state index contributed by atoms with van der Waals surface area (Å²) in [6, 6.07) is 9.48. The highest BCUT2D eigenvalue weighted by Crippen LogP contribution is 2.34. The summed E-state index contributed by atoms with van der Waals surface area (Å²) in [6.07, 6.45) is -2.39. The number of carbonyl (C=O) groups excluding carboxylic acids is 2. The molecule has 0 heterocycles. The number of rotatable bonds is 9. The predicted molar refractivity (Wildman–Crippen MR) is 123 cm³/mol. The van der Waals surface area contributed by atoms with E-state index >= 15 is 0 Å². The molecule has 0 radical (unpaired) electrons. The minimum absolute atomic E-state index is 0.00709. The van der Waals surface area contributed by atoms with Gasteiger partial charge < -0.3 is 25.2 Å². The highest BCUT2D eigenvalue weighted by molar-refractivity contribution is 5.96. The molecule has 194 valence electrons. The second-order valence-corrected chi connectivity index (χ2v) is 8.38. The highest BCUT2D eigenvalue weighted by Gasteiger charge is 2.35. The van der Waals surface area contributed by atoms with Crippen LogP contribution in [-0.2, 0) is 11.0 Å². The summed E-state index contributed by atoms with van der Waals surface area (Å²) >= 11 is 0. The Morgan fingerprint density at radius 1 is 0.917 bits per heavy atom. The van der Waals surface area contributed by atoms with Gasteiger partial charge in [0.25, 0.3) is 11.8 Å². The van der Waals surface area contributed by atoms with E-state index in [4.69, 9.17) is 14.6 Å². The molecule has 0 bridgehead atoms. The predicted octanol–water partition coefficient (Wildman–Crippen LogP) is 3.90. The Balaban J connectivity index is 1.45. The number of hydrogen-bond donors (Lipinski definition) is 3. The van der Waals surface area contributed by atoms with Crippen LogP contribution >= 0.6 is 0 Å². The third kappa shape index (κ3) is 7.12. The molecule has 36 heavy (non-hydrogen) atoms. The largest absolute Gasteiger partial charge is 0.497 e. The van der Waals surface area contributed by atoms with Crippen LogP contribution in [0.4, 0.5) is 13.2 Å². The van der Waals surface area contributed by atoms with Crippen LogP contribution in [0.2, 0.25) is 0 Å². The standard InChI is InChI=1S/C25H27F3N2O6/c1-35-19-10-11-20(21(14-19)25(26,27)28)23(32)30-13-12-29-22(31)15-2-6-17(7-3-15)36-18-8-4-16(5-9-18)24(33)34/h2-3,6-7,10-11,14,16,18H,4-5,8-9,12-13H2,1H3,(H,29,31)(H,30,32)(H,33,34). The van der Waals surface area contributed by atoms with Crippen molar-refractivity contribution < 1.29 is 42.1 Å². The molecule has 0 aliphatic heterocycles. The lowest BCUT2D eigenvalue weighted by atomic mass is 9.87. The second-order valence-electron chi connectivity index (χ2n) is 8.38. The second kappa shape index (κ2) is 11.8. The van der Waals surface area contributed by atoms with Crippen LogP contribution < -0.4 is 20.1 Å². The van der Waals surface area contributed by atoms with Crippen LogP contribution in [-0.4, -0.2) is 49.2 Å². The van der Waals surface area contributed by atoms with Crippen LogP contribution in [0.3, 0.4) is 0 Å². The lowest BCUT2D eigenvalue weighted by Gasteiger charge is -2.26. The summed E-state index contributed by atoms with van der Waals surface area (Å²) in [7, 11) is 1.23. The van der Waals surface area contributed by atoms with E-state index in [1.807, 2.05) is 0 Å². The van der Waals surface area contributed by atoms with Crippen LogP contribution in [0.25, 0.3) is 0 Å². The fourth-order valence-electron chi connectivity index (χ4n) is 3.94. The fourth-order valence-corrected chi connectivity index (χ4v) is 3.94. The van der Waals surface area contributed by atoms with Gasteiger partial charge in [-0.05, 0) is 68.1 Å². The van der Waals surface area contributed by atoms with E-state index in [0.29, 0.717) is 37.0 Å². The maximum absolute atomic E-state index is 13.3. The molecule has 3 rings (SSSR count). The van der Waals surface area contributed by atoms with Crippen molar-refractivity contribution in [3.05, 3.63) is 59.2 Å². The first-order valence-corrected chi connectivity index (χ1v) is 11.4. The van der Waals surface area contributed by atoms with Gasteiger partial charge in [0, 0.05) is 18.7 Å². The number of carboxylic acid groups (broad SMARTS) is 1. The number of halogens is 3. The minimum atomic E-state index is -4.73. The molecule has 0 spiro atoms. The molecule has 0 unspecified atom stereocenters. The van der Waals surface area contributed by atoms with Gasteiger partial charge in [0.1, 0.15) is 11.5 Å². The van der Waals surface area contributed by atoms with E-state index in [-0.39, 0.29) is 30.9 Å². The smallest absolute Gasteiger partial charge is 0.417 e. The third-order valence-electron chi connectivity index (χ3n) is 5.92. The molecule has 3 N–H and O–H groups in total. The molecule has 1 saturated carbocycles. The highest BCUT2D eigenvalue weighted by atomic mass is 19.4. The van der Waals surface area contributed by atoms with Crippen molar-refractivity contribution in [3.8, 4) is 11.5 Å². The van der Waals surface area contributed by atoms with Gasteiger partial charge in [-0.15, -0.1) is 0 Å². The van der Waals surface area contributed by atoms with E-state index in [0.717, 1.165) is 12.1 Å². The zero-order chi connectivity index (χ0) is 26.3. The van der Waals surface area contributed by atoms with Crippen molar-refractivity contribution in [2.45, 2.75) is 38.0 Å². The van der Waals surface area contributed by atoms with Gasteiger partial charge in [0.15, 0.2) is 0 Å². The van der Waals surface area contributed by atoms with Gasteiger partial charge in [-0.1, -0.05) is 0 Å². The van der Waals surface area contributed by atoms with E-state index in [9.17, 15) is 27.6 Å². The van der Waals surface area contributed by atoms with E-state index in [1.54, 1.807) is 24.3 Å². The van der Waals surface area contributed by atoms with Crippen molar-refractivity contribution in [3.63, 3.8) is 0 Å². The van der Waals surface area contributed by atoms with Crippen LogP contribution in [0, 0.1) is 5.92 Å². The molecule has 1 aliphatic carbocycles. The van der Waals surface area contributed by atoms with Gasteiger partial charge in [-0.3, -0.25) is 14.4 Å². The molecule has 0 saturated heterocycles. The topological polar surface area (TPSA) is 114 Å². The Morgan fingerprint density at radius 2 is 1.50 bits per heavy atom. The Bertz CT molecular complexity index is 1080. The number of aliphatic carboxylic acids is 1. The summed E-state index contributed by atoms with van der Waals surface area (Å²) in [5, 5.41) is 14.0. The molecule has 1 fully saturated rings. The number of nitrogens with one attached hydrogen (secondary N) is 2. The summed E-state index contributed by atoms with van der Waals surface area (Å²) in [4.78, 5) is 35.6. The summed E-state index contributed by atoms with van der Waals surface area (Å²) < 4.78 is 50.5. The lowest BCUT2D eigenvalue weighted by molar-refractivity contribution is -0.143. The maximum Gasteiger partial charge on any atom is 0.417 e. The summed E-state index contributed by atoms with van der Waals surface area (Å²) in [5.74, 6) is -1.90. The zero-order valence-electron chi connectivity index (χ0n) is 19.6. The van der Waals surface area contributed by atoms with E-state index < -0.39 is 35.1 Å². The number of benzene rings is 2. The maximum atomic E-state index is 13.3. The van der Waals surface area contributed by atoms with Gasteiger partial charge in [-0.25, -0.2) is 0 Å². The van der Waals surface area contributed by atoms with Crippen LogP contribution in [0.5, 0.6) is 11.5 Å². The van der Waals surface area contributed by atoms with Crippen molar-refractivity contribution >= 4 is 17.8 Å². The van der Waals surface area contributed by atoms with Crippen molar-refractivity contribution in [2.75, 3.05) is 20.2 Å². The van der Waals surface area contributed by atoms with E-state index in [1.165, 1.54) is 13.2 Å². The Morgan fingerprint density at radius 3 is 2.06 bits per heavy atom. The Labute approximate surface area is 205 Å². The number of methoxy groups -OCH3 is 1. The summed E-state index contributed by atoms with van der Waals surface area (Å²) in [5.41, 5.74) is -1.31. The molecule has 8 nitrogen and oxygen atoms in total. The van der Waals surface area contributed by atoms with Gasteiger partial charge in [-0.2, -0.15) is 13.2 Å². The number of amides is 2. The van der Waals surface area contributed by atoms with Crippen molar-refractivity contribution in [2.24, 2.45) is 5.92 Å². The molecule has 2 aromatic carbocycles. The molecular weight excluding hydrogens is 481 g/mol. The van der Waals surface area contributed by atoms with Gasteiger partial charge >= 0.3 is 12.1 Å². The number of carboxylic acids is 1. The average Bonchev–Trinajstić information content (AvgIpc) is 2.86. The SMILES string of the molecule is COc1ccc(C(=O)NCCNC(=O)c2ccc(OC3CCC(C(=O)O)CC3)cc2)c(C(F)(F)F)c1. The average molecular weight is 508 g/mol. The normalized spacial score (nSPS) is 17.7. The van der Waals surface area contributed by atoms with Crippen molar-refractivity contribution in [1.29, 1.82) is 0 Å². The number of carbonyl (C=O) groups is 3. The third-order valence-corrected chi connectivity index (χ3v) is 5.92. The molecule has 1 aliphatic rings. The molecule has 0 atom stereocenters. The van der Waals surface area contributed by atoms with Crippen LogP contribution in [0.15, 0.2) is 42.5 Å². The Hall–Kier alpha value is -3.76. The quantitative estimate of drug-likeness (QED) is 0.443. The number of ether oxygens (including phenoxy) is 2. The molecular formula is C25H27F3N2O6. The fraction of sp³-hybridized carbons (Fsp3) is 0.400. The van der Waals surface area contributed by atoms with E-state index in [2.05, 4.69) is 10.6 Å². The molecule has 0 aromatic heterocycles. The lowest BCUT2D eigenvalue weighted by Crippen LogP contribution is -2.35. The van der Waals surface area contributed by atoms with Crippen LogP contribution in [0.1, 0.15) is 52.0 Å². The first kappa shape index (κ1) is 26.8. The summed E-state index contributed by atoms with van der Waals surface area (Å²) in [6.45, 7) is -0.0682. The van der Waals surface area contributed by atoms with Gasteiger partial charge in [0.05, 0.1) is 30.3 Å². The van der Waals surface area contributed by atoms with Crippen molar-refractivity contribution in [1.82, 2.24) is 10.6 Å². The molecule has 2 amide bonds. The first-order valence-electron chi connectivity index (χ1n) is 11.4.